The molecular formula is C38H40N6. The maximum atomic E-state index is 5.21. The minimum absolute atomic E-state index is 0.180. The van der Waals surface area contributed by atoms with Gasteiger partial charge in [-0.05, 0) is 115 Å². The summed E-state index contributed by atoms with van der Waals surface area (Å²) in [4.78, 5) is 15.2. The third-order valence-corrected chi connectivity index (χ3v) is 11.3. The molecule has 6 nitrogen and oxygen atoms in total. The Morgan fingerprint density at radius 2 is 0.795 bits per heavy atom. The van der Waals surface area contributed by atoms with E-state index in [1.165, 1.54) is 11.1 Å². The van der Waals surface area contributed by atoms with Gasteiger partial charge in [0.2, 0.25) is 11.9 Å². The lowest BCUT2D eigenvalue weighted by Gasteiger charge is -2.41. The van der Waals surface area contributed by atoms with E-state index >= 15 is 0 Å². The van der Waals surface area contributed by atoms with Crippen molar-refractivity contribution < 1.29 is 0 Å². The molecule has 0 N–H and O–H groups in total. The Bertz CT molecular complexity index is 1930. The van der Waals surface area contributed by atoms with Crippen LogP contribution in [0.5, 0.6) is 0 Å². The van der Waals surface area contributed by atoms with Crippen LogP contribution in [-0.4, -0.2) is 30.2 Å². The van der Waals surface area contributed by atoms with Crippen molar-refractivity contribution in [2.24, 2.45) is 0 Å². The number of fused-ring (bicyclic) bond motifs is 6. The van der Waals surface area contributed by atoms with Gasteiger partial charge in [-0.25, -0.2) is 9.97 Å². The van der Waals surface area contributed by atoms with E-state index in [9.17, 15) is 0 Å². The molecular weight excluding hydrogens is 540 g/mol. The second-order valence-electron chi connectivity index (χ2n) is 14.5. The predicted molar refractivity (Wildman–Crippen MR) is 182 cm³/mol. The molecule has 44 heavy (non-hydrogen) atoms. The Labute approximate surface area is 259 Å². The van der Waals surface area contributed by atoms with Crippen molar-refractivity contribution in [1.29, 1.82) is 0 Å². The molecule has 0 spiro atoms. The van der Waals surface area contributed by atoms with Crippen molar-refractivity contribution in [2.75, 3.05) is 9.80 Å². The fourth-order valence-electron chi connectivity index (χ4n) is 7.51. The van der Waals surface area contributed by atoms with Crippen LogP contribution in [0.3, 0.4) is 0 Å². The van der Waals surface area contributed by atoms with Crippen molar-refractivity contribution in [3.8, 4) is 11.1 Å². The Hall–Kier alpha value is -4.58. The molecule has 222 valence electrons. The van der Waals surface area contributed by atoms with Crippen LogP contribution in [0, 0.1) is 0 Å². The monoisotopic (exact) mass is 580 g/mol. The summed E-state index contributed by atoms with van der Waals surface area (Å²) in [5.74, 6) is 1.99. The summed E-state index contributed by atoms with van der Waals surface area (Å²) < 4.78 is 4.88. The molecule has 0 atom stereocenters. The van der Waals surface area contributed by atoms with Crippen LogP contribution in [0.4, 0.5) is 23.3 Å². The summed E-state index contributed by atoms with van der Waals surface area (Å²) in [7, 11) is 0. The molecule has 0 saturated carbocycles. The number of nitrogens with zero attached hydrogens (tertiary/aromatic N) is 6. The summed E-state index contributed by atoms with van der Waals surface area (Å²) in [6.07, 6.45) is 0. The third kappa shape index (κ3) is 3.26. The number of aromatic nitrogens is 4. The molecule has 2 aliphatic rings. The maximum absolute atomic E-state index is 5.21. The van der Waals surface area contributed by atoms with E-state index in [1.807, 2.05) is 0 Å². The summed E-state index contributed by atoms with van der Waals surface area (Å²) in [5.41, 5.74) is 8.28. The minimum atomic E-state index is -0.196. The summed E-state index contributed by atoms with van der Waals surface area (Å²) in [6.45, 7) is 18.6. The highest BCUT2D eigenvalue weighted by atomic mass is 15.5. The number of anilines is 4. The lowest BCUT2D eigenvalue weighted by molar-refractivity contribution is 0.253. The zero-order chi connectivity index (χ0) is 30.8. The highest BCUT2D eigenvalue weighted by Gasteiger charge is 2.54. The molecule has 2 aliphatic heterocycles. The first-order chi connectivity index (χ1) is 20.9. The van der Waals surface area contributed by atoms with Crippen LogP contribution in [0.2, 0.25) is 0 Å². The van der Waals surface area contributed by atoms with E-state index in [0.717, 1.165) is 45.3 Å². The molecule has 0 fully saturated rings. The Morgan fingerprint density at radius 1 is 0.432 bits per heavy atom. The molecule has 0 unspecified atom stereocenters. The molecule has 0 radical (unpaired) electrons. The predicted octanol–water partition coefficient (Wildman–Crippen LogP) is 9.38. The van der Waals surface area contributed by atoms with Gasteiger partial charge in [-0.15, -0.1) is 0 Å². The third-order valence-electron chi connectivity index (χ3n) is 11.3. The molecule has 0 amide bonds. The second-order valence-corrected chi connectivity index (χ2v) is 14.5. The summed E-state index contributed by atoms with van der Waals surface area (Å²) >= 11 is 0. The fourth-order valence-corrected chi connectivity index (χ4v) is 7.51. The van der Waals surface area contributed by atoms with Gasteiger partial charge in [0.1, 0.15) is 0 Å². The number of para-hydroxylation sites is 2. The Kier molecular flexibility index (Phi) is 5.23. The average molecular weight is 581 g/mol. The first kappa shape index (κ1) is 27.0. The van der Waals surface area contributed by atoms with Crippen molar-refractivity contribution in [3.63, 3.8) is 0 Å². The van der Waals surface area contributed by atoms with E-state index < -0.39 is 0 Å². The van der Waals surface area contributed by atoms with Crippen LogP contribution in [0.1, 0.15) is 55.4 Å². The van der Waals surface area contributed by atoms with Gasteiger partial charge in [0.05, 0.1) is 44.2 Å². The normalized spacial score (nSPS) is 19.1. The summed E-state index contributed by atoms with van der Waals surface area (Å²) in [6, 6.07) is 34.7. The topological polar surface area (TPSA) is 42.1 Å². The Morgan fingerprint density at radius 3 is 1.16 bits per heavy atom. The maximum Gasteiger partial charge on any atom is 0.212 e. The number of hydrogen-bond donors (Lipinski definition) is 0. The number of rotatable bonds is 3. The number of imidazole rings is 2. The van der Waals surface area contributed by atoms with Crippen LogP contribution in [-0.2, 0) is 11.1 Å². The average Bonchev–Trinajstić information content (AvgIpc) is 3.63. The minimum Gasteiger partial charge on any atom is -0.304 e. The van der Waals surface area contributed by atoms with Crippen LogP contribution in [0.25, 0.3) is 33.2 Å². The largest absolute Gasteiger partial charge is 0.304 e. The van der Waals surface area contributed by atoms with Gasteiger partial charge in [0.25, 0.3) is 0 Å². The van der Waals surface area contributed by atoms with Crippen LogP contribution >= 0.6 is 0 Å². The van der Waals surface area contributed by atoms with Crippen molar-refractivity contribution in [1.82, 2.24) is 19.1 Å². The lowest BCUT2D eigenvalue weighted by atomic mass is 9.82. The smallest absolute Gasteiger partial charge is 0.212 e. The van der Waals surface area contributed by atoms with Gasteiger partial charge < -0.3 is 18.9 Å². The standard InChI is InChI=1S/C38H40N6/c1-35(2)37(5,6)43-31-23-25(19-21-29(31)39-33(43)41(35)27-15-11-9-12-16-27)26-20-22-30-32(24-26)44-34(40-30)42(28-17-13-10-14-18-28)36(3,4)38(44,7)8/h9-24H,1-8H3. The van der Waals surface area contributed by atoms with Crippen molar-refractivity contribution >= 4 is 45.3 Å². The molecule has 6 aromatic rings. The quantitative estimate of drug-likeness (QED) is 0.209. The SMILES string of the molecule is CC1(C)N(c2ccccc2)c2nc3ccc(-c4ccc5nc6n(c5c4)C(C)(C)C(C)(C)N6c4ccccc4)cc3n2C1(C)C. The van der Waals surface area contributed by atoms with Gasteiger partial charge in [-0.3, -0.25) is 0 Å². The van der Waals surface area contributed by atoms with Crippen molar-refractivity contribution in [2.45, 2.75) is 77.5 Å². The molecule has 4 aromatic carbocycles. The molecule has 8 rings (SSSR count). The number of benzene rings is 4. The van der Waals surface area contributed by atoms with Gasteiger partial charge in [0, 0.05) is 11.4 Å². The second kappa shape index (κ2) is 8.53. The molecule has 6 heteroatoms. The van der Waals surface area contributed by atoms with Gasteiger partial charge in [0.15, 0.2) is 0 Å². The lowest BCUT2D eigenvalue weighted by Crippen LogP contribution is -2.50. The van der Waals surface area contributed by atoms with E-state index in [1.54, 1.807) is 0 Å². The van der Waals surface area contributed by atoms with E-state index in [-0.39, 0.29) is 22.2 Å². The van der Waals surface area contributed by atoms with Crippen molar-refractivity contribution in [3.05, 3.63) is 97.1 Å². The van der Waals surface area contributed by atoms with Crippen LogP contribution < -0.4 is 9.80 Å². The summed E-state index contributed by atoms with van der Waals surface area (Å²) in [5, 5.41) is 0. The van der Waals surface area contributed by atoms with Gasteiger partial charge in [-0.1, -0.05) is 48.5 Å². The molecule has 0 bridgehead atoms. The highest BCUT2D eigenvalue weighted by Crippen LogP contribution is 2.53. The highest BCUT2D eigenvalue weighted by molar-refractivity contribution is 5.91. The Balaban J connectivity index is 1.29. The van der Waals surface area contributed by atoms with E-state index in [0.29, 0.717) is 0 Å². The van der Waals surface area contributed by atoms with E-state index in [2.05, 4.69) is 171 Å². The molecule has 0 aliphatic carbocycles. The fraction of sp³-hybridized carbons (Fsp3) is 0.316. The zero-order valence-electron chi connectivity index (χ0n) is 26.9. The zero-order valence-corrected chi connectivity index (χ0v) is 26.9. The molecule has 4 heterocycles. The number of hydrogen-bond acceptors (Lipinski definition) is 4. The molecule has 2 aromatic heterocycles. The molecule has 0 saturated heterocycles. The first-order valence-electron chi connectivity index (χ1n) is 15.6. The van der Waals surface area contributed by atoms with E-state index in [4.69, 9.17) is 9.97 Å². The van der Waals surface area contributed by atoms with Crippen LogP contribution in [0.15, 0.2) is 97.1 Å². The van der Waals surface area contributed by atoms with Gasteiger partial charge in [-0.2, -0.15) is 0 Å². The van der Waals surface area contributed by atoms with Gasteiger partial charge >= 0.3 is 0 Å². The first-order valence-corrected chi connectivity index (χ1v) is 15.6.